The third-order valence-electron chi connectivity index (χ3n) is 1.44. The van der Waals surface area contributed by atoms with Gasteiger partial charge in [0.1, 0.15) is 0 Å². The van der Waals surface area contributed by atoms with Gasteiger partial charge in [-0.05, 0) is 12.0 Å². The molecule has 1 aromatic rings. The molecule has 0 amide bonds. The van der Waals surface area contributed by atoms with Gasteiger partial charge in [-0.1, -0.05) is 18.2 Å². The van der Waals surface area contributed by atoms with Crippen molar-refractivity contribution >= 4 is 11.6 Å². The summed E-state index contributed by atoms with van der Waals surface area (Å²) in [5, 5.41) is 20.4. The zero-order valence-corrected chi connectivity index (χ0v) is 6.22. The molecule has 1 rings (SSSR count). The Balaban J connectivity index is 3.12. The molecule has 0 spiro atoms. The number of nitrogens with one attached hydrogen (secondary N) is 2. The van der Waals surface area contributed by atoms with Crippen LogP contribution in [0.15, 0.2) is 24.3 Å². The summed E-state index contributed by atoms with van der Waals surface area (Å²) in [6.07, 6.45) is 0. The maximum absolute atomic E-state index is 10.7. The molecule has 0 aliphatic heterocycles. The van der Waals surface area contributed by atoms with Gasteiger partial charge in [-0.25, -0.2) is 0 Å². The van der Waals surface area contributed by atoms with E-state index in [1.54, 1.807) is 25.2 Å². The highest BCUT2D eigenvalue weighted by Gasteiger charge is 1.95. The second-order valence-corrected chi connectivity index (χ2v) is 2.12. The van der Waals surface area contributed by atoms with Crippen molar-refractivity contribution in [3.63, 3.8) is 0 Å². The molecule has 0 radical (unpaired) electrons. The van der Waals surface area contributed by atoms with E-state index in [2.05, 4.69) is 5.32 Å². The van der Waals surface area contributed by atoms with Crippen LogP contribution >= 0.6 is 0 Å². The number of anilines is 1. The van der Waals surface area contributed by atoms with Crippen LogP contribution in [0.1, 0.15) is 5.56 Å². The minimum Gasteiger partial charge on any atom is -0.859 e. The number of rotatable bonds is 2. The van der Waals surface area contributed by atoms with Crippen LogP contribution in [-0.4, -0.2) is 12.9 Å². The van der Waals surface area contributed by atoms with Crippen LogP contribution in [0.3, 0.4) is 0 Å². The average molecular weight is 149 g/mol. The molecule has 3 nitrogen and oxygen atoms in total. The highest BCUT2D eigenvalue weighted by atomic mass is 16.3. The first-order valence-corrected chi connectivity index (χ1v) is 3.28. The van der Waals surface area contributed by atoms with Gasteiger partial charge in [0.2, 0.25) is 0 Å². The van der Waals surface area contributed by atoms with Crippen molar-refractivity contribution in [2.24, 2.45) is 0 Å². The fourth-order valence-corrected chi connectivity index (χ4v) is 0.899. The summed E-state index contributed by atoms with van der Waals surface area (Å²) >= 11 is 0. The van der Waals surface area contributed by atoms with Gasteiger partial charge in [-0.3, -0.25) is 0 Å². The van der Waals surface area contributed by atoms with Crippen LogP contribution in [0.25, 0.3) is 0 Å². The molecule has 1 aromatic carbocycles. The summed E-state index contributed by atoms with van der Waals surface area (Å²) in [5.74, 6) is -0.657. The van der Waals surface area contributed by atoms with E-state index in [9.17, 15) is 5.11 Å². The molecule has 11 heavy (non-hydrogen) atoms. The fraction of sp³-hybridized carbons (Fsp3) is 0.125. The molecular formula is C8H9N2O-. The van der Waals surface area contributed by atoms with Crippen LogP contribution in [0.2, 0.25) is 0 Å². The van der Waals surface area contributed by atoms with Gasteiger partial charge in [0, 0.05) is 18.3 Å². The number of hydrogen-bond donors (Lipinski definition) is 2. The normalized spacial score (nSPS) is 9.18. The van der Waals surface area contributed by atoms with Crippen molar-refractivity contribution in [1.82, 2.24) is 0 Å². The van der Waals surface area contributed by atoms with E-state index >= 15 is 0 Å². The maximum Gasteiger partial charge on any atom is 0.0420 e. The highest BCUT2D eigenvalue weighted by molar-refractivity contribution is 5.94. The van der Waals surface area contributed by atoms with E-state index in [0.29, 0.717) is 11.3 Å². The lowest BCUT2D eigenvalue weighted by Gasteiger charge is -2.11. The van der Waals surface area contributed by atoms with Gasteiger partial charge >= 0.3 is 0 Å². The quantitative estimate of drug-likeness (QED) is 0.472. The molecule has 0 aromatic heterocycles. The summed E-state index contributed by atoms with van der Waals surface area (Å²) in [6.45, 7) is 0. The van der Waals surface area contributed by atoms with Crippen molar-refractivity contribution < 1.29 is 5.11 Å². The monoisotopic (exact) mass is 149 g/mol. The highest BCUT2D eigenvalue weighted by Crippen LogP contribution is 2.12. The van der Waals surface area contributed by atoms with Crippen LogP contribution in [-0.2, 0) is 0 Å². The lowest BCUT2D eigenvalue weighted by Crippen LogP contribution is -2.18. The van der Waals surface area contributed by atoms with E-state index in [-0.39, 0.29) is 0 Å². The summed E-state index contributed by atoms with van der Waals surface area (Å²) in [4.78, 5) is 0. The Kier molecular flexibility index (Phi) is 2.11. The van der Waals surface area contributed by atoms with Crippen LogP contribution in [0.4, 0.5) is 5.69 Å². The van der Waals surface area contributed by atoms with Crippen molar-refractivity contribution in [3.8, 4) is 0 Å². The van der Waals surface area contributed by atoms with E-state index in [1.165, 1.54) is 0 Å². The van der Waals surface area contributed by atoms with Gasteiger partial charge in [-0.15, -0.1) is 0 Å². The molecule has 0 saturated heterocycles. The Hall–Kier alpha value is -1.51. The Morgan fingerprint density at radius 3 is 2.55 bits per heavy atom. The molecule has 0 aliphatic rings. The first-order chi connectivity index (χ1) is 5.25. The van der Waals surface area contributed by atoms with E-state index < -0.39 is 5.90 Å². The van der Waals surface area contributed by atoms with Gasteiger partial charge in [0.15, 0.2) is 0 Å². The molecule has 0 saturated carbocycles. The van der Waals surface area contributed by atoms with Gasteiger partial charge in [-0.2, -0.15) is 0 Å². The average Bonchev–Trinajstić information content (AvgIpc) is 2.04. The van der Waals surface area contributed by atoms with Gasteiger partial charge in [0.05, 0.1) is 0 Å². The van der Waals surface area contributed by atoms with Gasteiger partial charge in [0.25, 0.3) is 0 Å². The summed E-state index contributed by atoms with van der Waals surface area (Å²) < 4.78 is 0. The van der Waals surface area contributed by atoms with E-state index in [0.717, 1.165) is 0 Å². The van der Waals surface area contributed by atoms with Crippen molar-refractivity contribution in [1.29, 1.82) is 5.41 Å². The fourth-order valence-electron chi connectivity index (χ4n) is 0.899. The van der Waals surface area contributed by atoms with E-state index in [4.69, 9.17) is 5.41 Å². The molecule has 58 valence electrons. The molecular weight excluding hydrogens is 140 g/mol. The third-order valence-corrected chi connectivity index (χ3v) is 1.44. The Morgan fingerprint density at radius 2 is 2.09 bits per heavy atom. The van der Waals surface area contributed by atoms with Crippen LogP contribution < -0.4 is 10.4 Å². The topological polar surface area (TPSA) is 58.9 Å². The zero-order valence-electron chi connectivity index (χ0n) is 6.22. The molecule has 2 N–H and O–H groups in total. The van der Waals surface area contributed by atoms with Crippen LogP contribution in [0, 0.1) is 5.41 Å². The second-order valence-electron chi connectivity index (χ2n) is 2.12. The largest absolute Gasteiger partial charge is 0.859 e. The minimum atomic E-state index is -0.657. The molecule has 0 fully saturated rings. The third kappa shape index (κ3) is 1.49. The lowest BCUT2D eigenvalue weighted by molar-refractivity contribution is -0.214. The molecule has 0 bridgehead atoms. The Bertz CT molecular complexity index is 271. The molecule has 0 unspecified atom stereocenters. The molecule has 3 heteroatoms. The predicted molar refractivity (Wildman–Crippen MR) is 42.8 cm³/mol. The lowest BCUT2D eigenvalue weighted by atomic mass is 10.2. The van der Waals surface area contributed by atoms with Crippen molar-refractivity contribution in [2.75, 3.05) is 12.4 Å². The minimum absolute atomic E-state index is 0.412. The first-order valence-electron chi connectivity index (χ1n) is 3.28. The molecule has 0 atom stereocenters. The second kappa shape index (κ2) is 3.05. The number of hydrogen-bond acceptors (Lipinski definition) is 3. The Morgan fingerprint density at radius 1 is 1.45 bits per heavy atom. The molecule has 0 aliphatic carbocycles. The standard InChI is InChI=1S/C8H10N2O/c1-10-7-5-3-2-4-6(7)8(9)11/h2-5,10H,1H3,(H2,9,11)/p-1. The Labute approximate surface area is 65.2 Å². The van der Waals surface area contributed by atoms with E-state index in [1.807, 2.05) is 6.07 Å². The molecule has 0 heterocycles. The summed E-state index contributed by atoms with van der Waals surface area (Å²) in [5.41, 5.74) is 1.11. The number of para-hydroxylation sites is 1. The summed E-state index contributed by atoms with van der Waals surface area (Å²) in [6, 6.07) is 6.95. The van der Waals surface area contributed by atoms with Crippen molar-refractivity contribution in [3.05, 3.63) is 29.8 Å². The van der Waals surface area contributed by atoms with Gasteiger partial charge < -0.3 is 15.8 Å². The maximum atomic E-state index is 10.7. The van der Waals surface area contributed by atoms with Crippen molar-refractivity contribution in [2.45, 2.75) is 0 Å². The SMILES string of the molecule is CNc1ccccc1C(=N)[O-]. The first kappa shape index (κ1) is 7.60. The predicted octanol–water partition coefficient (Wildman–Crippen LogP) is 0.414. The number of benzene rings is 1. The summed E-state index contributed by atoms with van der Waals surface area (Å²) in [7, 11) is 1.72. The van der Waals surface area contributed by atoms with Crippen LogP contribution in [0.5, 0.6) is 0 Å². The zero-order chi connectivity index (χ0) is 8.27. The smallest absolute Gasteiger partial charge is 0.0420 e.